The molecule has 16 heavy (non-hydrogen) atoms. The van der Waals surface area contributed by atoms with Crippen LogP contribution in [0.4, 0.5) is 0 Å². The van der Waals surface area contributed by atoms with Gasteiger partial charge in [-0.3, -0.25) is 0 Å². The highest BCUT2D eigenvalue weighted by Crippen LogP contribution is 2.28. The van der Waals surface area contributed by atoms with E-state index in [1.807, 2.05) is 0 Å². The van der Waals surface area contributed by atoms with Crippen LogP contribution in [0.25, 0.3) is 0 Å². The number of rotatable bonds is 4. The van der Waals surface area contributed by atoms with Crippen LogP contribution in [0.15, 0.2) is 0 Å². The van der Waals surface area contributed by atoms with Gasteiger partial charge < -0.3 is 10.6 Å². The second-order valence-electron chi connectivity index (χ2n) is 5.98. The SMILES string of the molecule is CC(N)C1CCN(CCC2CCCC2)CC1. The fourth-order valence-electron chi connectivity index (χ4n) is 3.37. The Morgan fingerprint density at radius 3 is 2.31 bits per heavy atom. The summed E-state index contributed by atoms with van der Waals surface area (Å²) in [7, 11) is 0. The normalized spacial score (nSPS) is 27.4. The van der Waals surface area contributed by atoms with Crippen LogP contribution in [-0.2, 0) is 0 Å². The van der Waals surface area contributed by atoms with Gasteiger partial charge in [0, 0.05) is 6.04 Å². The quantitative estimate of drug-likeness (QED) is 0.795. The lowest BCUT2D eigenvalue weighted by Gasteiger charge is -2.34. The number of likely N-dealkylation sites (tertiary alicyclic amines) is 1. The minimum atomic E-state index is 0.400. The molecule has 1 heterocycles. The van der Waals surface area contributed by atoms with E-state index in [0.717, 1.165) is 11.8 Å². The van der Waals surface area contributed by atoms with Crippen molar-refractivity contribution in [2.45, 2.75) is 57.9 Å². The predicted octanol–water partition coefficient (Wildman–Crippen LogP) is 2.63. The van der Waals surface area contributed by atoms with Crippen molar-refractivity contribution in [2.75, 3.05) is 19.6 Å². The average Bonchev–Trinajstić information content (AvgIpc) is 2.80. The van der Waals surface area contributed by atoms with E-state index in [-0.39, 0.29) is 0 Å². The highest BCUT2D eigenvalue weighted by Gasteiger charge is 2.22. The van der Waals surface area contributed by atoms with Gasteiger partial charge in [0.25, 0.3) is 0 Å². The molecule has 2 nitrogen and oxygen atoms in total. The fourth-order valence-corrected chi connectivity index (χ4v) is 3.37. The molecule has 2 rings (SSSR count). The topological polar surface area (TPSA) is 29.3 Å². The lowest BCUT2D eigenvalue weighted by molar-refractivity contribution is 0.163. The summed E-state index contributed by atoms with van der Waals surface area (Å²) in [6.45, 7) is 6.09. The fraction of sp³-hybridized carbons (Fsp3) is 1.00. The van der Waals surface area contributed by atoms with Gasteiger partial charge in [0.1, 0.15) is 0 Å². The van der Waals surface area contributed by atoms with Crippen molar-refractivity contribution in [1.82, 2.24) is 4.90 Å². The smallest absolute Gasteiger partial charge is 0.00397 e. The molecule has 1 aliphatic heterocycles. The zero-order valence-electron chi connectivity index (χ0n) is 10.8. The zero-order valence-corrected chi connectivity index (χ0v) is 10.8. The highest BCUT2D eigenvalue weighted by atomic mass is 15.1. The van der Waals surface area contributed by atoms with Crippen molar-refractivity contribution in [3.05, 3.63) is 0 Å². The minimum Gasteiger partial charge on any atom is -0.328 e. The first-order valence-electron chi connectivity index (χ1n) is 7.23. The lowest BCUT2D eigenvalue weighted by atomic mass is 9.90. The van der Waals surface area contributed by atoms with E-state index in [1.165, 1.54) is 64.6 Å². The Bertz CT molecular complexity index is 189. The maximum atomic E-state index is 5.97. The number of piperidine rings is 1. The molecule has 0 radical (unpaired) electrons. The summed E-state index contributed by atoms with van der Waals surface area (Å²) >= 11 is 0. The van der Waals surface area contributed by atoms with E-state index in [1.54, 1.807) is 0 Å². The van der Waals surface area contributed by atoms with E-state index in [2.05, 4.69) is 11.8 Å². The Hall–Kier alpha value is -0.0800. The van der Waals surface area contributed by atoms with Gasteiger partial charge in [-0.1, -0.05) is 25.7 Å². The van der Waals surface area contributed by atoms with Crippen LogP contribution in [-0.4, -0.2) is 30.6 Å². The third-order valence-electron chi connectivity index (χ3n) is 4.70. The molecule has 1 unspecified atom stereocenters. The lowest BCUT2D eigenvalue weighted by Crippen LogP contribution is -2.40. The van der Waals surface area contributed by atoms with Crippen molar-refractivity contribution in [3.63, 3.8) is 0 Å². The van der Waals surface area contributed by atoms with Gasteiger partial charge in [0.15, 0.2) is 0 Å². The Balaban J connectivity index is 1.61. The molecule has 1 atom stereocenters. The van der Waals surface area contributed by atoms with E-state index in [4.69, 9.17) is 5.73 Å². The van der Waals surface area contributed by atoms with Crippen LogP contribution < -0.4 is 5.73 Å². The molecule has 0 spiro atoms. The van der Waals surface area contributed by atoms with E-state index in [0.29, 0.717) is 6.04 Å². The van der Waals surface area contributed by atoms with Gasteiger partial charge in [-0.15, -0.1) is 0 Å². The second-order valence-corrected chi connectivity index (χ2v) is 5.98. The van der Waals surface area contributed by atoms with E-state index >= 15 is 0 Å². The molecule has 2 N–H and O–H groups in total. The second kappa shape index (κ2) is 6.02. The first kappa shape index (κ1) is 12.4. The van der Waals surface area contributed by atoms with Crippen LogP contribution >= 0.6 is 0 Å². The van der Waals surface area contributed by atoms with Crippen LogP contribution in [0.2, 0.25) is 0 Å². The van der Waals surface area contributed by atoms with Gasteiger partial charge >= 0.3 is 0 Å². The predicted molar refractivity (Wildman–Crippen MR) is 69.4 cm³/mol. The summed E-state index contributed by atoms with van der Waals surface area (Å²) in [6, 6.07) is 0.400. The summed E-state index contributed by atoms with van der Waals surface area (Å²) in [6.07, 6.45) is 10.1. The Labute approximate surface area is 101 Å². The third-order valence-corrected chi connectivity index (χ3v) is 4.70. The summed E-state index contributed by atoms with van der Waals surface area (Å²) in [5.41, 5.74) is 5.97. The molecule has 0 aromatic rings. The van der Waals surface area contributed by atoms with E-state index in [9.17, 15) is 0 Å². The van der Waals surface area contributed by atoms with Crippen molar-refractivity contribution in [2.24, 2.45) is 17.6 Å². The molecular weight excluding hydrogens is 196 g/mol. The van der Waals surface area contributed by atoms with Gasteiger partial charge in [-0.2, -0.15) is 0 Å². The number of hydrogen-bond acceptors (Lipinski definition) is 2. The van der Waals surface area contributed by atoms with Crippen LogP contribution in [0.3, 0.4) is 0 Å². The number of hydrogen-bond donors (Lipinski definition) is 1. The molecule has 1 saturated heterocycles. The van der Waals surface area contributed by atoms with Crippen molar-refractivity contribution < 1.29 is 0 Å². The third kappa shape index (κ3) is 3.46. The van der Waals surface area contributed by atoms with E-state index < -0.39 is 0 Å². The Morgan fingerprint density at radius 2 is 1.75 bits per heavy atom. The van der Waals surface area contributed by atoms with Gasteiger partial charge in [-0.05, 0) is 57.7 Å². The summed E-state index contributed by atoms with van der Waals surface area (Å²) < 4.78 is 0. The zero-order chi connectivity index (χ0) is 11.4. The molecule has 0 bridgehead atoms. The number of nitrogens with two attached hydrogens (primary N) is 1. The highest BCUT2D eigenvalue weighted by molar-refractivity contribution is 4.78. The average molecular weight is 224 g/mol. The maximum absolute atomic E-state index is 5.97. The molecule has 2 aliphatic rings. The molecule has 1 aliphatic carbocycles. The largest absolute Gasteiger partial charge is 0.328 e. The standard InChI is InChI=1S/C14H28N2/c1-12(15)14-7-10-16(11-8-14)9-6-13-4-2-3-5-13/h12-14H,2-11,15H2,1H3. The first-order chi connectivity index (χ1) is 7.75. The minimum absolute atomic E-state index is 0.400. The molecule has 2 heteroatoms. The van der Waals surface area contributed by atoms with Crippen LogP contribution in [0, 0.1) is 11.8 Å². The summed E-state index contributed by atoms with van der Waals surface area (Å²) in [5.74, 6) is 1.83. The molecule has 94 valence electrons. The molecule has 2 fully saturated rings. The molecule has 0 aromatic heterocycles. The van der Waals surface area contributed by atoms with Gasteiger partial charge in [0.2, 0.25) is 0 Å². The van der Waals surface area contributed by atoms with Gasteiger partial charge in [-0.25, -0.2) is 0 Å². The monoisotopic (exact) mass is 224 g/mol. The molecule has 0 aromatic carbocycles. The Kier molecular flexibility index (Phi) is 4.66. The summed E-state index contributed by atoms with van der Waals surface area (Å²) in [5, 5.41) is 0. The van der Waals surface area contributed by atoms with Crippen molar-refractivity contribution in [3.8, 4) is 0 Å². The van der Waals surface area contributed by atoms with Crippen LogP contribution in [0.1, 0.15) is 51.9 Å². The summed E-state index contributed by atoms with van der Waals surface area (Å²) in [4.78, 5) is 2.66. The first-order valence-corrected chi connectivity index (χ1v) is 7.23. The maximum Gasteiger partial charge on any atom is 0.00397 e. The van der Waals surface area contributed by atoms with Crippen molar-refractivity contribution >= 4 is 0 Å². The molecule has 0 amide bonds. The van der Waals surface area contributed by atoms with Crippen LogP contribution in [0.5, 0.6) is 0 Å². The number of nitrogens with zero attached hydrogens (tertiary/aromatic N) is 1. The molecular formula is C14H28N2. The Morgan fingerprint density at radius 1 is 1.12 bits per heavy atom. The molecule has 1 saturated carbocycles. The van der Waals surface area contributed by atoms with Crippen molar-refractivity contribution in [1.29, 1.82) is 0 Å². The van der Waals surface area contributed by atoms with Gasteiger partial charge in [0.05, 0.1) is 0 Å².